The maximum Gasteiger partial charge on any atom is 0.337 e. The molecule has 5 heteroatoms. The first kappa shape index (κ1) is 15.1. The summed E-state index contributed by atoms with van der Waals surface area (Å²) in [5.74, 6) is -1.34. The molecule has 1 aliphatic rings. The molecule has 3 aromatic rings. The molecular formula is C20H13NO4. The number of ether oxygens (including phenoxy) is 1. The van der Waals surface area contributed by atoms with Gasteiger partial charge in [-0.15, -0.1) is 0 Å². The second-order valence-electron chi connectivity index (χ2n) is 5.70. The van der Waals surface area contributed by atoms with Gasteiger partial charge in [-0.05, 0) is 35.7 Å². The predicted molar refractivity (Wildman–Crippen MR) is 92.9 cm³/mol. The Balaban J connectivity index is 1.90. The van der Waals surface area contributed by atoms with E-state index in [4.69, 9.17) is 4.74 Å². The van der Waals surface area contributed by atoms with Gasteiger partial charge < -0.3 is 4.74 Å². The molecule has 0 spiro atoms. The molecule has 0 fully saturated rings. The van der Waals surface area contributed by atoms with Crippen molar-refractivity contribution in [2.75, 3.05) is 12.0 Å². The molecule has 0 atom stereocenters. The van der Waals surface area contributed by atoms with Crippen molar-refractivity contribution >= 4 is 34.2 Å². The second kappa shape index (κ2) is 5.56. The van der Waals surface area contributed by atoms with Gasteiger partial charge in [0, 0.05) is 16.5 Å². The van der Waals surface area contributed by atoms with E-state index >= 15 is 0 Å². The van der Waals surface area contributed by atoms with Crippen LogP contribution in [0.5, 0.6) is 0 Å². The summed E-state index contributed by atoms with van der Waals surface area (Å²) in [5.41, 5.74) is 1.55. The summed E-state index contributed by atoms with van der Waals surface area (Å²) >= 11 is 0. The summed E-state index contributed by atoms with van der Waals surface area (Å²) in [6.45, 7) is 0. The normalized spacial score (nSPS) is 13.2. The van der Waals surface area contributed by atoms with E-state index in [9.17, 15) is 14.4 Å². The Labute approximate surface area is 143 Å². The van der Waals surface area contributed by atoms with Crippen LogP contribution >= 0.6 is 0 Å². The van der Waals surface area contributed by atoms with Crippen LogP contribution in [0.1, 0.15) is 31.1 Å². The number of methoxy groups -OCH3 is 1. The number of imide groups is 1. The highest BCUT2D eigenvalue weighted by Gasteiger charge is 2.34. The third-order valence-electron chi connectivity index (χ3n) is 4.30. The summed E-state index contributed by atoms with van der Waals surface area (Å²) in [5, 5.41) is 1.51. The summed E-state index contributed by atoms with van der Waals surface area (Å²) in [6, 6.07) is 17.0. The van der Waals surface area contributed by atoms with Gasteiger partial charge in [0.05, 0.1) is 18.4 Å². The van der Waals surface area contributed by atoms with Gasteiger partial charge in [-0.3, -0.25) is 9.59 Å². The number of carbonyl (C=O) groups excluding carboxylic acids is 3. The lowest BCUT2D eigenvalue weighted by Crippen LogP contribution is -2.40. The Morgan fingerprint density at radius 3 is 2.08 bits per heavy atom. The summed E-state index contributed by atoms with van der Waals surface area (Å²) < 4.78 is 4.71. The van der Waals surface area contributed by atoms with Crippen molar-refractivity contribution in [2.45, 2.75) is 0 Å². The Kier molecular flexibility index (Phi) is 3.35. The Bertz CT molecular complexity index is 1000. The van der Waals surface area contributed by atoms with Gasteiger partial charge in [-0.1, -0.05) is 30.3 Å². The van der Waals surface area contributed by atoms with Crippen molar-refractivity contribution < 1.29 is 19.1 Å². The number of anilines is 1. The maximum absolute atomic E-state index is 13.0. The van der Waals surface area contributed by atoms with Crippen LogP contribution in [0.2, 0.25) is 0 Å². The van der Waals surface area contributed by atoms with Gasteiger partial charge in [0.1, 0.15) is 0 Å². The minimum atomic E-state index is -0.527. The van der Waals surface area contributed by atoms with E-state index < -0.39 is 17.8 Å². The third kappa shape index (κ3) is 2.21. The van der Waals surface area contributed by atoms with E-state index in [1.54, 1.807) is 42.5 Å². The van der Waals surface area contributed by atoms with E-state index in [2.05, 4.69) is 0 Å². The molecule has 2 amide bonds. The fourth-order valence-electron chi connectivity index (χ4n) is 3.15. The average Bonchev–Trinajstić information content (AvgIpc) is 2.65. The molecule has 0 N–H and O–H groups in total. The van der Waals surface area contributed by atoms with Crippen LogP contribution in [-0.4, -0.2) is 24.9 Å². The van der Waals surface area contributed by atoms with Crippen LogP contribution in [0.15, 0.2) is 60.7 Å². The summed E-state index contributed by atoms with van der Waals surface area (Å²) in [4.78, 5) is 38.8. The van der Waals surface area contributed by atoms with Gasteiger partial charge in [-0.25, -0.2) is 9.69 Å². The number of carbonyl (C=O) groups is 3. The highest BCUT2D eigenvalue weighted by molar-refractivity contribution is 6.35. The van der Waals surface area contributed by atoms with E-state index in [0.29, 0.717) is 22.2 Å². The molecule has 122 valence electrons. The zero-order chi connectivity index (χ0) is 17.6. The Hall–Kier alpha value is -3.47. The summed E-state index contributed by atoms with van der Waals surface area (Å²) in [6.07, 6.45) is 0. The monoisotopic (exact) mass is 331 g/mol. The van der Waals surface area contributed by atoms with Crippen LogP contribution in [0, 0.1) is 0 Å². The van der Waals surface area contributed by atoms with Crippen molar-refractivity contribution in [3.63, 3.8) is 0 Å². The highest BCUT2D eigenvalue weighted by atomic mass is 16.5. The first-order chi connectivity index (χ1) is 12.1. The minimum Gasteiger partial charge on any atom is -0.465 e. The molecule has 0 unspecified atom stereocenters. The molecular weight excluding hydrogens is 318 g/mol. The van der Waals surface area contributed by atoms with Gasteiger partial charge in [0.2, 0.25) is 0 Å². The molecule has 0 bridgehead atoms. The molecule has 0 saturated carbocycles. The first-order valence-corrected chi connectivity index (χ1v) is 7.70. The third-order valence-corrected chi connectivity index (χ3v) is 4.30. The van der Waals surface area contributed by atoms with Crippen molar-refractivity contribution in [2.24, 2.45) is 0 Å². The van der Waals surface area contributed by atoms with Crippen molar-refractivity contribution in [1.82, 2.24) is 0 Å². The molecule has 25 heavy (non-hydrogen) atoms. The van der Waals surface area contributed by atoms with Crippen LogP contribution < -0.4 is 4.90 Å². The van der Waals surface area contributed by atoms with E-state index in [1.165, 1.54) is 13.2 Å². The van der Waals surface area contributed by atoms with Crippen molar-refractivity contribution in [1.29, 1.82) is 0 Å². The topological polar surface area (TPSA) is 63.7 Å². The van der Waals surface area contributed by atoms with Crippen LogP contribution in [-0.2, 0) is 4.74 Å². The largest absolute Gasteiger partial charge is 0.465 e. The zero-order valence-electron chi connectivity index (χ0n) is 13.4. The number of nitrogens with zero attached hydrogens (tertiary/aromatic N) is 1. The predicted octanol–water partition coefficient (Wildman–Crippen LogP) is 3.43. The van der Waals surface area contributed by atoms with Crippen molar-refractivity contribution in [3.8, 4) is 0 Å². The maximum atomic E-state index is 13.0. The quantitative estimate of drug-likeness (QED) is 0.533. The SMILES string of the molecule is COC(=O)c1cccc(N2C(=O)c3cccc4cccc(c34)C2=O)c1. The van der Waals surface area contributed by atoms with Gasteiger partial charge in [0.15, 0.2) is 0 Å². The fourth-order valence-corrected chi connectivity index (χ4v) is 3.15. The van der Waals surface area contributed by atoms with Crippen LogP contribution in [0.4, 0.5) is 5.69 Å². The number of amides is 2. The first-order valence-electron chi connectivity index (χ1n) is 7.70. The molecule has 0 aliphatic carbocycles. The van der Waals surface area contributed by atoms with E-state index in [1.807, 2.05) is 12.1 Å². The summed E-state index contributed by atoms with van der Waals surface area (Å²) in [7, 11) is 1.28. The van der Waals surface area contributed by atoms with Crippen LogP contribution in [0.25, 0.3) is 10.8 Å². The minimum absolute atomic E-state index is 0.276. The van der Waals surface area contributed by atoms with E-state index in [0.717, 1.165) is 10.3 Å². The van der Waals surface area contributed by atoms with E-state index in [-0.39, 0.29) is 5.56 Å². The second-order valence-corrected chi connectivity index (χ2v) is 5.70. The molecule has 0 radical (unpaired) electrons. The van der Waals surface area contributed by atoms with Gasteiger partial charge >= 0.3 is 5.97 Å². The standard InChI is InChI=1S/C20H13NO4/c1-25-20(24)13-7-2-8-14(11-13)21-18(22)15-9-3-5-12-6-4-10-16(17(12)15)19(21)23/h2-11H,1H3. The molecule has 1 aliphatic heterocycles. The lowest BCUT2D eigenvalue weighted by atomic mass is 9.93. The van der Waals surface area contributed by atoms with Crippen LogP contribution in [0.3, 0.4) is 0 Å². The van der Waals surface area contributed by atoms with Gasteiger partial charge in [-0.2, -0.15) is 0 Å². The number of hydrogen-bond donors (Lipinski definition) is 0. The molecule has 1 heterocycles. The number of rotatable bonds is 2. The Morgan fingerprint density at radius 1 is 0.880 bits per heavy atom. The lowest BCUT2D eigenvalue weighted by molar-refractivity contribution is 0.0600. The molecule has 5 nitrogen and oxygen atoms in total. The van der Waals surface area contributed by atoms with Gasteiger partial charge in [0.25, 0.3) is 11.8 Å². The Morgan fingerprint density at radius 2 is 1.48 bits per heavy atom. The highest BCUT2D eigenvalue weighted by Crippen LogP contribution is 2.32. The number of esters is 1. The smallest absolute Gasteiger partial charge is 0.337 e. The molecule has 3 aromatic carbocycles. The number of benzene rings is 3. The van der Waals surface area contributed by atoms with Crippen molar-refractivity contribution in [3.05, 3.63) is 77.4 Å². The zero-order valence-corrected chi connectivity index (χ0v) is 13.4. The molecule has 4 rings (SSSR count). The average molecular weight is 331 g/mol. The number of hydrogen-bond acceptors (Lipinski definition) is 4. The lowest BCUT2D eigenvalue weighted by Gasteiger charge is -2.27. The fraction of sp³-hybridized carbons (Fsp3) is 0.0500. The molecule has 0 saturated heterocycles. The molecule has 0 aromatic heterocycles.